The van der Waals surface area contributed by atoms with Gasteiger partial charge in [-0.3, -0.25) is 9.59 Å². The molecule has 0 aromatic heterocycles. The van der Waals surface area contributed by atoms with E-state index in [9.17, 15) is 9.59 Å². The zero-order chi connectivity index (χ0) is 18.7. The van der Waals surface area contributed by atoms with E-state index in [1.807, 2.05) is 57.2 Å². The van der Waals surface area contributed by atoms with E-state index in [1.54, 1.807) is 11.0 Å². The van der Waals surface area contributed by atoms with E-state index < -0.39 is 0 Å². The van der Waals surface area contributed by atoms with Crippen molar-refractivity contribution < 1.29 is 14.3 Å². The Morgan fingerprint density at radius 3 is 2.85 bits per heavy atom. The summed E-state index contributed by atoms with van der Waals surface area (Å²) in [5.74, 6) is 0.539. The molecule has 1 heterocycles. The first-order valence-corrected chi connectivity index (χ1v) is 8.91. The monoisotopic (exact) mass is 352 g/mol. The zero-order valence-electron chi connectivity index (χ0n) is 15.4. The summed E-state index contributed by atoms with van der Waals surface area (Å²) in [7, 11) is 0. The lowest BCUT2D eigenvalue weighted by molar-refractivity contribution is -0.121. The molecule has 0 bridgehead atoms. The molecule has 5 heteroatoms. The maximum Gasteiger partial charge on any atom is 0.265 e. The molecule has 0 saturated carbocycles. The third-order valence-electron chi connectivity index (χ3n) is 4.58. The van der Waals surface area contributed by atoms with Crippen molar-refractivity contribution in [2.75, 3.05) is 11.5 Å². The Hall–Kier alpha value is -2.82. The highest BCUT2D eigenvalue weighted by Crippen LogP contribution is 2.33. The summed E-state index contributed by atoms with van der Waals surface area (Å²) in [5.41, 5.74) is 3.36. The number of carbonyl (C=O) groups excluding carboxylic acids is 2. The minimum atomic E-state index is -0.0921. The molecule has 0 saturated heterocycles. The summed E-state index contributed by atoms with van der Waals surface area (Å²) in [5, 5.41) is 2.97. The number of aryl methyl sites for hydroxylation is 1. The Bertz CT molecular complexity index is 832. The van der Waals surface area contributed by atoms with E-state index in [2.05, 4.69) is 5.32 Å². The van der Waals surface area contributed by atoms with E-state index in [0.717, 1.165) is 29.0 Å². The van der Waals surface area contributed by atoms with Gasteiger partial charge in [0, 0.05) is 11.6 Å². The average molecular weight is 352 g/mol. The number of nitrogens with zero attached hydrogens (tertiary/aromatic N) is 1. The second-order valence-corrected chi connectivity index (χ2v) is 6.72. The van der Waals surface area contributed by atoms with Gasteiger partial charge in [-0.05, 0) is 55.7 Å². The fourth-order valence-electron chi connectivity index (χ4n) is 2.89. The Morgan fingerprint density at radius 1 is 1.27 bits per heavy atom. The highest BCUT2D eigenvalue weighted by atomic mass is 16.5. The number of carbonyl (C=O) groups is 2. The zero-order valence-corrected chi connectivity index (χ0v) is 15.4. The first-order valence-electron chi connectivity index (χ1n) is 8.91. The fraction of sp³-hybridized carbons (Fsp3) is 0.333. The van der Waals surface area contributed by atoms with E-state index in [0.29, 0.717) is 12.1 Å². The molecule has 1 aliphatic heterocycles. The maximum atomic E-state index is 12.4. The quantitative estimate of drug-likeness (QED) is 0.897. The van der Waals surface area contributed by atoms with Crippen LogP contribution in [0.3, 0.4) is 0 Å². The van der Waals surface area contributed by atoms with Crippen LogP contribution in [0.4, 0.5) is 5.69 Å². The lowest BCUT2D eigenvalue weighted by Crippen LogP contribution is -2.38. The van der Waals surface area contributed by atoms with Crippen LogP contribution in [-0.2, 0) is 11.3 Å². The summed E-state index contributed by atoms with van der Waals surface area (Å²) in [4.78, 5) is 26.4. The number of anilines is 1. The molecule has 1 N–H and O–H groups in total. The number of rotatable bonds is 5. The molecular weight excluding hydrogens is 328 g/mol. The van der Waals surface area contributed by atoms with Crippen LogP contribution >= 0.6 is 0 Å². The van der Waals surface area contributed by atoms with Gasteiger partial charge in [-0.15, -0.1) is 0 Å². The summed E-state index contributed by atoms with van der Waals surface area (Å²) in [6.45, 7) is 6.44. The minimum absolute atomic E-state index is 0.0324. The van der Waals surface area contributed by atoms with Gasteiger partial charge in [0.05, 0.1) is 12.2 Å². The van der Waals surface area contributed by atoms with Gasteiger partial charge < -0.3 is 15.0 Å². The third kappa shape index (κ3) is 3.87. The maximum absolute atomic E-state index is 12.4. The average Bonchev–Trinajstić information content (AvgIpc) is 2.64. The summed E-state index contributed by atoms with van der Waals surface area (Å²) in [6, 6.07) is 13.3. The second kappa shape index (κ2) is 7.60. The van der Waals surface area contributed by atoms with E-state index in [4.69, 9.17) is 4.74 Å². The van der Waals surface area contributed by atoms with Crippen LogP contribution < -0.4 is 15.0 Å². The summed E-state index contributed by atoms with van der Waals surface area (Å²) in [6.07, 6.45) is 0.879. The predicted octanol–water partition coefficient (Wildman–Crippen LogP) is 3.45. The molecule has 0 spiro atoms. The van der Waals surface area contributed by atoms with Crippen LogP contribution in [0, 0.1) is 6.92 Å². The molecule has 1 atom stereocenters. The number of ether oxygens (including phenoxy) is 1. The van der Waals surface area contributed by atoms with Gasteiger partial charge in [-0.2, -0.15) is 0 Å². The molecule has 5 nitrogen and oxygen atoms in total. The molecular formula is C21H24N2O3. The number of benzene rings is 2. The first kappa shape index (κ1) is 18.0. The molecule has 2 aromatic rings. The van der Waals surface area contributed by atoms with Gasteiger partial charge in [0.25, 0.3) is 11.8 Å². The molecule has 0 aliphatic carbocycles. The standard InChI is InChI=1S/C21H24N2O3/c1-4-15(3)22-21(25)17-7-5-6-16(11-17)12-23-18-9-8-14(2)10-19(18)26-13-20(23)24/h5-11,15H,4,12-13H2,1-3H3,(H,22,25)/t15-/m0/s1. The lowest BCUT2D eigenvalue weighted by Gasteiger charge is -2.29. The minimum Gasteiger partial charge on any atom is -0.482 e. The van der Waals surface area contributed by atoms with Crippen LogP contribution in [-0.4, -0.2) is 24.5 Å². The Kier molecular flexibility index (Phi) is 5.26. The molecule has 26 heavy (non-hydrogen) atoms. The Balaban J connectivity index is 1.82. The van der Waals surface area contributed by atoms with Crippen molar-refractivity contribution in [3.8, 4) is 5.75 Å². The van der Waals surface area contributed by atoms with Crippen molar-refractivity contribution in [2.45, 2.75) is 39.8 Å². The van der Waals surface area contributed by atoms with Gasteiger partial charge in [-0.1, -0.05) is 25.1 Å². The first-order chi connectivity index (χ1) is 12.5. The van der Waals surface area contributed by atoms with Crippen LogP contribution in [0.2, 0.25) is 0 Å². The third-order valence-corrected chi connectivity index (χ3v) is 4.58. The highest BCUT2D eigenvalue weighted by Gasteiger charge is 2.25. The van der Waals surface area contributed by atoms with Crippen molar-refractivity contribution >= 4 is 17.5 Å². The van der Waals surface area contributed by atoms with Gasteiger partial charge in [0.2, 0.25) is 0 Å². The van der Waals surface area contributed by atoms with Crippen LogP contribution in [0.15, 0.2) is 42.5 Å². The van der Waals surface area contributed by atoms with Crippen molar-refractivity contribution in [3.63, 3.8) is 0 Å². The molecule has 136 valence electrons. The van der Waals surface area contributed by atoms with Gasteiger partial charge in [0.1, 0.15) is 5.75 Å². The SMILES string of the molecule is CC[C@H](C)NC(=O)c1cccc(CN2C(=O)COc3cc(C)ccc32)c1. The molecule has 0 unspecified atom stereocenters. The highest BCUT2D eigenvalue weighted by molar-refractivity contribution is 5.98. The molecule has 1 aliphatic rings. The summed E-state index contributed by atoms with van der Waals surface area (Å²) >= 11 is 0. The Morgan fingerprint density at radius 2 is 2.08 bits per heavy atom. The van der Waals surface area contributed by atoms with Gasteiger partial charge in [0.15, 0.2) is 6.61 Å². The molecule has 0 fully saturated rings. The van der Waals surface area contributed by atoms with E-state index in [-0.39, 0.29) is 24.5 Å². The van der Waals surface area contributed by atoms with Gasteiger partial charge in [-0.25, -0.2) is 0 Å². The van der Waals surface area contributed by atoms with Crippen LogP contribution in [0.25, 0.3) is 0 Å². The summed E-state index contributed by atoms with van der Waals surface area (Å²) < 4.78 is 5.55. The largest absolute Gasteiger partial charge is 0.482 e. The van der Waals surface area contributed by atoms with Crippen molar-refractivity contribution in [3.05, 3.63) is 59.2 Å². The predicted molar refractivity (Wildman–Crippen MR) is 102 cm³/mol. The smallest absolute Gasteiger partial charge is 0.265 e. The topological polar surface area (TPSA) is 58.6 Å². The van der Waals surface area contributed by atoms with E-state index in [1.165, 1.54) is 0 Å². The van der Waals surface area contributed by atoms with Crippen molar-refractivity contribution in [1.82, 2.24) is 5.32 Å². The molecule has 2 amide bonds. The number of hydrogen-bond donors (Lipinski definition) is 1. The lowest BCUT2D eigenvalue weighted by atomic mass is 10.1. The normalized spacial score (nSPS) is 14.4. The van der Waals surface area contributed by atoms with Crippen LogP contribution in [0.5, 0.6) is 5.75 Å². The van der Waals surface area contributed by atoms with Crippen LogP contribution in [0.1, 0.15) is 41.8 Å². The number of nitrogens with one attached hydrogen (secondary N) is 1. The molecule has 2 aromatic carbocycles. The number of fused-ring (bicyclic) bond motifs is 1. The number of hydrogen-bond acceptors (Lipinski definition) is 3. The molecule has 0 radical (unpaired) electrons. The molecule has 3 rings (SSSR count). The number of amides is 2. The van der Waals surface area contributed by atoms with E-state index >= 15 is 0 Å². The fourth-order valence-corrected chi connectivity index (χ4v) is 2.89. The second-order valence-electron chi connectivity index (χ2n) is 6.72. The Labute approximate surface area is 154 Å². The van der Waals surface area contributed by atoms with Crippen molar-refractivity contribution in [2.24, 2.45) is 0 Å². The van der Waals surface area contributed by atoms with Crippen molar-refractivity contribution in [1.29, 1.82) is 0 Å². The van der Waals surface area contributed by atoms with Gasteiger partial charge >= 0.3 is 0 Å².